The summed E-state index contributed by atoms with van der Waals surface area (Å²) in [7, 11) is 0. The van der Waals surface area contributed by atoms with Gasteiger partial charge in [0.05, 0.1) is 11.4 Å². The minimum absolute atomic E-state index is 0.274. The Morgan fingerprint density at radius 2 is 1.92 bits per heavy atom. The lowest BCUT2D eigenvalue weighted by Gasteiger charge is -2.10. The van der Waals surface area contributed by atoms with E-state index in [2.05, 4.69) is 15.4 Å². The number of hydrogen-bond donors (Lipinski definition) is 2. The number of nitrogens with two attached hydrogens (primary N) is 1. The summed E-state index contributed by atoms with van der Waals surface area (Å²) >= 11 is 0. The number of nitrogens with zero attached hydrogens (tertiary/aromatic N) is 3. The summed E-state index contributed by atoms with van der Waals surface area (Å²) in [6.45, 7) is 9.85. The molecule has 25 heavy (non-hydrogen) atoms. The number of primary amides is 1. The fourth-order valence-corrected chi connectivity index (χ4v) is 2.51. The summed E-state index contributed by atoms with van der Waals surface area (Å²) in [5.74, 6) is -0.358. The van der Waals surface area contributed by atoms with E-state index in [1.54, 1.807) is 29.8 Å². The lowest BCUT2D eigenvalue weighted by atomic mass is 10.0. The zero-order valence-electron chi connectivity index (χ0n) is 15.2. The van der Waals surface area contributed by atoms with Crippen LogP contribution in [0.2, 0.25) is 0 Å². The summed E-state index contributed by atoms with van der Waals surface area (Å²) < 4.78 is 1.64. The SMILES string of the molecule is CCn1nc(C)cc1C(=O)NC(C)=Nc1cc(C(N)=O)cc(C)c1C. The minimum atomic E-state index is -0.511. The van der Waals surface area contributed by atoms with E-state index in [1.807, 2.05) is 27.7 Å². The van der Waals surface area contributed by atoms with Gasteiger partial charge in [0.25, 0.3) is 5.91 Å². The molecule has 1 aromatic carbocycles. The highest BCUT2D eigenvalue weighted by atomic mass is 16.2. The Hall–Kier alpha value is -2.96. The van der Waals surface area contributed by atoms with Gasteiger partial charge in [-0.15, -0.1) is 0 Å². The van der Waals surface area contributed by atoms with E-state index in [-0.39, 0.29) is 5.91 Å². The standard InChI is InChI=1S/C18H23N5O2/c1-6-23-16(8-11(3)22-23)18(25)21-13(5)20-15-9-14(17(19)24)7-10(2)12(15)4/h7-9H,6H2,1-5H3,(H2,19,24)(H,20,21,25). The Bertz CT molecular complexity index is 865. The Morgan fingerprint density at radius 1 is 1.24 bits per heavy atom. The average molecular weight is 341 g/mol. The predicted molar refractivity (Wildman–Crippen MR) is 97.3 cm³/mol. The summed E-state index contributed by atoms with van der Waals surface area (Å²) in [5.41, 5.74) is 9.44. The van der Waals surface area contributed by atoms with Crippen LogP contribution in [0.5, 0.6) is 0 Å². The molecule has 0 saturated carbocycles. The third-order valence-electron chi connectivity index (χ3n) is 3.94. The molecule has 0 aliphatic heterocycles. The molecule has 7 nitrogen and oxygen atoms in total. The molecule has 1 heterocycles. The average Bonchev–Trinajstić information content (AvgIpc) is 2.92. The fourth-order valence-electron chi connectivity index (χ4n) is 2.51. The van der Waals surface area contributed by atoms with E-state index < -0.39 is 5.91 Å². The fraction of sp³-hybridized carbons (Fsp3) is 0.333. The molecule has 2 aromatic rings. The largest absolute Gasteiger partial charge is 0.366 e. The van der Waals surface area contributed by atoms with Gasteiger partial charge in [0.1, 0.15) is 11.5 Å². The number of aryl methyl sites for hydroxylation is 3. The van der Waals surface area contributed by atoms with Gasteiger partial charge in [-0.05, 0) is 63.9 Å². The molecular weight excluding hydrogens is 318 g/mol. The zero-order chi connectivity index (χ0) is 18.7. The van der Waals surface area contributed by atoms with Crippen LogP contribution in [0.4, 0.5) is 5.69 Å². The number of rotatable bonds is 4. The maximum Gasteiger partial charge on any atom is 0.274 e. The molecule has 0 saturated heterocycles. The van der Waals surface area contributed by atoms with E-state index in [9.17, 15) is 9.59 Å². The second-order valence-electron chi connectivity index (χ2n) is 5.94. The first-order chi connectivity index (χ1) is 11.7. The molecule has 0 aliphatic rings. The number of carbonyl (C=O) groups excluding carboxylic acids is 2. The topological polar surface area (TPSA) is 102 Å². The third kappa shape index (κ3) is 4.12. The van der Waals surface area contributed by atoms with Crippen LogP contribution < -0.4 is 11.1 Å². The van der Waals surface area contributed by atoms with E-state index in [0.717, 1.165) is 16.8 Å². The molecule has 2 rings (SSSR count). The Morgan fingerprint density at radius 3 is 2.52 bits per heavy atom. The first kappa shape index (κ1) is 18.4. The number of benzene rings is 1. The lowest BCUT2D eigenvalue weighted by molar-refractivity contribution is 0.0964. The lowest BCUT2D eigenvalue weighted by Crippen LogP contribution is -2.30. The van der Waals surface area contributed by atoms with Crippen molar-refractivity contribution in [3.8, 4) is 0 Å². The number of hydrogen-bond acceptors (Lipinski definition) is 4. The van der Waals surface area contributed by atoms with E-state index >= 15 is 0 Å². The van der Waals surface area contributed by atoms with E-state index in [0.29, 0.717) is 29.3 Å². The molecule has 0 spiro atoms. The number of nitrogens with one attached hydrogen (secondary N) is 1. The van der Waals surface area contributed by atoms with Crippen LogP contribution in [0.3, 0.4) is 0 Å². The molecule has 3 N–H and O–H groups in total. The summed E-state index contributed by atoms with van der Waals surface area (Å²) in [6, 6.07) is 5.09. The van der Waals surface area contributed by atoms with Gasteiger partial charge >= 0.3 is 0 Å². The Kier molecular flexibility index (Phi) is 5.36. The first-order valence-corrected chi connectivity index (χ1v) is 8.05. The molecule has 0 atom stereocenters. The molecule has 0 fully saturated rings. The third-order valence-corrected chi connectivity index (χ3v) is 3.94. The first-order valence-electron chi connectivity index (χ1n) is 8.05. The van der Waals surface area contributed by atoms with Crippen LogP contribution in [0.15, 0.2) is 23.2 Å². The second kappa shape index (κ2) is 7.29. The number of amidine groups is 1. The number of amides is 2. The van der Waals surface area contributed by atoms with Gasteiger partial charge in [0.15, 0.2) is 0 Å². The van der Waals surface area contributed by atoms with Gasteiger partial charge in [-0.1, -0.05) is 0 Å². The second-order valence-corrected chi connectivity index (χ2v) is 5.94. The molecule has 2 amide bonds. The van der Waals surface area contributed by atoms with Gasteiger partial charge < -0.3 is 11.1 Å². The van der Waals surface area contributed by atoms with Crippen LogP contribution in [-0.2, 0) is 6.54 Å². The summed E-state index contributed by atoms with van der Waals surface area (Å²) in [5, 5.41) is 7.02. The van der Waals surface area contributed by atoms with Gasteiger partial charge in [-0.3, -0.25) is 14.3 Å². The van der Waals surface area contributed by atoms with Crippen molar-refractivity contribution in [1.29, 1.82) is 0 Å². The van der Waals surface area contributed by atoms with Crippen molar-refractivity contribution >= 4 is 23.3 Å². The van der Waals surface area contributed by atoms with Crippen LogP contribution in [0.1, 0.15) is 51.5 Å². The van der Waals surface area contributed by atoms with E-state index in [4.69, 9.17) is 5.73 Å². The highest BCUT2D eigenvalue weighted by molar-refractivity contribution is 6.05. The van der Waals surface area contributed by atoms with Crippen molar-refractivity contribution in [3.05, 3.63) is 46.3 Å². The van der Waals surface area contributed by atoms with Crippen molar-refractivity contribution in [1.82, 2.24) is 15.1 Å². The molecule has 1 aromatic heterocycles. The van der Waals surface area contributed by atoms with Crippen molar-refractivity contribution in [3.63, 3.8) is 0 Å². The quantitative estimate of drug-likeness (QED) is 0.659. The monoisotopic (exact) mass is 341 g/mol. The van der Waals surface area contributed by atoms with Crippen molar-refractivity contribution < 1.29 is 9.59 Å². The maximum absolute atomic E-state index is 12.4. The Balaban J connectivity index is 2.30. The molecule has 7 heteroatoms. The number of carbonyl (C=O) groups is 2. The highest BCUT2D eigenvalue weighted by Gasteiger charge is 2.14. The van der Waals surface area contributed by atoms with Gasteiger partial charge in [0.2, 0.25) is 5.91 Å². The number of aromatic nitrogens is 2. The zero-order valence-corrected chi connectivity index (χ0v) is 15.2. The van der Waals surface area contributed by atoms with Crippen LogP contribution in [0, 0.1) is 20.8 Å². The molecule has 0 bridgehead atoms. The van der Waals surface area contributed by atoms with Crippen molar-refractivity contribution in [2.75, 3.05) is 0 Å². The predicted octanol–water partition coefficient (Wildman–Crippen LogP) is 2.41. The van der Waals surface area contributed by atoms with Crippen molar-refractivity contribution in [2.45, 2.75) is 41.2 Å². The van der Waals surface area contributed by atoms with Gasteiger partial charge in [-0.25, -0.2) is 4.99 Å². The summed E-state index contributed by atoms with van der Waals surface area (Å²) in [4.78, 5) is 28.3. The van der Waals surface area contributed by atoms with Crippen molar-refractivity contribution in [2.24, 2.45) is 10.7 Å². The van der Waals surface area contributed by atoms with E-state index in [1.165, 1.54) is 0 Å². The van der Waals surface area contributed by atoms with Crippen LogP contribution in [0.25, 0.3) is 0 Å². The van der Waals surface area contributed by atoms with Crippen LogP contribution in [-0.4, -0.2) is 27.4 Å². The molecular formula is C18H23N5O2. The molecule has 132 valence electrons. The Labute approximate surface area is 146 Å². The van der Waals surface area contributed by atoms with Crippen LogP contribution >= 0.6 is 0 Å². The maximum atomic E-state index is 12.4. The van der Waals surface area contributed by atoms with Gasteiger partial charge in [0, 0.05) is 12.1 Å². The normalized spacial score (nSPS) is 11.5. The molecule has 0 radical (unpaired) electrons. The molecule has 0 unspecified atom stereocenters. The minimum Gasteiger partial charge on any atom is -0.366 e. The van der Waals surface area contributed by atoms with Gasteiger partial charge in [-0.2, -0.15) is 5.10 Å². The highest BCUT2D eigenvalue weighted by Crippen LogP contribution is 2.24. The summed E-state index contributed by atoms with van der Waals surface area (Å²) in [6.07, 6.45) is 0. The number of aliphatic imine (C=N–C) groups is 1. The smallest absolute Gasteiger partial charge is 0.274 e. The molecule has 0 aliphatic carbocycles.